The molecule has 11 nitrogen and oxygen atoms in total. The number of rotatable bonds is 14. The molecule has 9 aromatic rings. The van der Waals surface area contributed by atoms with Crippen LogP contribution in [-0.2, 0) is 33.4 Å². The molecule has 4 N–H and O–H groups in total. The number of halogens is 2. The second-order valence-electron chi connectivity index (χ2n) is 22.1. The molecule has 15 heteroatoms. The average molecular weight is 1100 g/mol. The first-order valence-corrected chi connectivity index (χ1v) is 27.2. The van der Waals surface area contributed by atoms with Crippen molar-refractivity contribution in [2.45, 2.75) is 52.2 Å². The van der Waals surface area contributed by atoms with Gasteiger partial charge in [0, 0.05) is 102 Å². The largest absolute Gasteiger partial charge is 0.437 e. The van der Waals surface area contributed by atoms with E-state index in [9.17, 15) is 24.4 Å². The lowest BCUT2D eigenvalue weighted by Crippen LogP contribution is -2.41. The van der Waals surface area contributed by atoms with Gasteiger partial charge in [-0.3, -0.25) is 14.4 Å². The van der Waals surface area contributed by atoms with E-state index in [0.717, 1.165) is 107 Å². The smallest absolute Gasteiger partial charge is 0.376 e. The first-order chi connectivity index (χ1) is 37.2. The summed E-state index contributed by atoms with van der Waals surface area (Å²) in [6.07, 6.45) is 10.6. The summed E-state index contributed by atoms with van der Waals surface area (Å²) in [6.45, 7) is 7.87. The zero-order valence-corrected chi connectivity index (χ0v) is 47.3. The number of aryl methyl sites for hydroxylation is 2. The number of nitrogens with one attached hydrogen (secondary N) is 2. The third-order valence-corrected chi connectivity index (χ3v) is 16.8. The summed E-state index contributed by atoms with van der Waals surface area (Å²) in [5.41, 5.74) is 7.90. The van der Waals surface area contributed by atoms with Gasteiger partial charge in [0.1, 0.15) is 0 Å². The van der Waals surface area contributed by atoms with E-state index in [1.165, 1.54) is 11.1 Å². The summed E-state index contributed by atoms with van der Waals surface area (Å²) in [6, 6.07) is 54.8. The van der Waals surface area contributed by atoms with Crippen molar-refractivity contribution < 1.29 is 24.4 Å². The fraction of sp³-hybridized carbons (Fsp3) is 0.297. The van der Waals surface area contributed by atoms with E-state index < -0.39 is 24.9 Å². The van der Waals surface area contributed by atoms with Gasteiger partial charge >= 0.3 is 14.1 Å². The highest BCUT2D eigenvalue weighted by molar-refractivity contribution is 6.45. The molecule has 0 radical (unpaired) electrons. The molecule has 3 aliphatic rings. The number of carbonyl (C=O) groups is 3. The standard InChI is InChI=1S/C22H25BN2O2.C21H23BN2O2.C21H22N2O.2ClH/c1-23(27)25-13-11-22(16-25,15-17-6-4-3-5-7-17)21(26)19-8-9-20-18(14-19)10-12-24(20)2;1-22(26)24-12-10-21(15-24,14-16-5-3-2-4-6-16)20(25)18-7-8-19-17(13-18)9-11-23-19;1-23-12-9-17-13-18(7-8-19(17)23)20(24)21(10-11-22-15-21)14-16-5-3-2-4-6-16;;/h3-10,12,14,27H,11,13,15-16H2,1-2H3;2-9,11,13,23,26H,10,12,14-15H2,1H3;2-9,12-13,22H,10-11,14-15H2,1H3;2*1H. The van der Waals surface area contributed by atoms with Gasteiger partial charge in [0.2, 0.25) is 0 Å². The Bertz CT molecular complexity index is 3510. The number of hydrogen-bond acceptors (Lipinski definition) is 8. The number of nitrogens with zero attached hydrogens (tertiary/aromatic N) is 4. The van der Waals surface area contributed by atoms with Gasteiger partial charge in [-0.25, -0.2) is 0 Å². The molecule has 3 fully saturated rings. The van der Waals surface area contributed by atoms with Crippen LogP contribution >= 0.6 is 24.8 Å². The van der Waals surface area contributed by atoms with Crippen molar-refractivity contribution in [1.82, 2.24) is 29.1 Å². The van der Waals surface area contributed by atoms with Gasteiger partial charge in [-0.15, -0.1) is 24.8 Å². The lowest BCUT2D eigenvalue weighted by molar-refractivity contribution is 0.0800. The van der Waals surface area contributed by atoms with Crippen molar-refractivity contribution in [3.63, 3.8) is 0 Å². The Hall–Kier alpha value is -6.54. The molecule has 79 heavy (non-hydrogen) atoms. The molecule has 6 heterocycles. The summed E-state index contributed by atoms with van der Waals surface area (Å²) in [4.78, 5) is 47.8. The normalized spacial score (nSPS) is 19.9. The summed E-state index contributed by atoms with van der Waals surface area (Å²) >= 11 is 0. The topological polar surface area (TPSA) is 136 Å². The Kier molecular flexibility index (Phi) is 18.8. The minimum absolute atomic E-state index is 0. The maximum Gasteiger partial charge on any atom is 0.376 e. The monoisotopic (exact) mass is 1100 g/mol. The molecule has 3 atom stereocenters. The molecular weight excluding hydrogens is 1030 g/mol. The van der Waals surface area contributed by atoms with Crippen LogP contribution in [0.15, 0.2) is 182 Å². The van der Waals surface area contributed by atoms with Gasteiger partial charge in [0.25, 0.3) is 0 Å². The lowest BCUT2D eigenvalue weighted by atomic mass is 9.74. The van der Waals surface area contributed by atoms with E-state index >= 15 is 0 Å². The van der Waals surface area contributed by atoms with Crippen LogP contribution in [0.4, 0.5) is 0 Å². The van der Waals surface area contributed by atoms with Crippen LogP contribution < -0.4 is 5.32 Å². The van der Waals surface area contributed by atoms with Crippen LogP contribution in [-0.4, -0.2) is 105 Å². The minimum Gasteiger partial charge on any atom is -0.437 e. The summed E-state index contributed by atoms with van der Waals surface area (Å²) in [7, 11) is 2.97. The van der Waals surface area contributed by atoms with Crippen molar-refractivity contribution in [1.29, 1.82) is 0 Å². The number of benzene rings is 6. The fourth-order valence-electron chi connectivity index (χ4n) is 12.4. The van der Waals surface area contributed by atoms with Crippen LogP contribution in [0.1, 0.15) is 67.0 Å². The van der Waals surface area contributed by atoms with Gasteiger partial charge in [-0.2, -0.15) is 0 Å². The van der Waals surface area contributed by atoms with Crippen molar-refractivity contribution in [2.24, 2.45) is 30.3 Å². The first kappa shape index (κ1) is 58.6. The van der Waals surface area contributed by atoms with Crippen LogP contribution in [0, 0.1) is 16.2 Å². The Balaban J connectivity index is 0.000000154. The van der Waals surface area contributed by atoms with Gasteiger partial charge in [-0.05, 0) is 161 Å². The number of fused-ring (bicyclic) bond motifs is 3. The zero-order chi connectivity index (χ0) is 53.7. The molecule has 3 unspecified atom stereocenters. The van der Waals surface area contributed by atoms with Crippen molar-refractivity contribution in [3.05, 3.63) is 216 Å². The number of Topliss-reactive ketones (excluding diaryl/α,β-unsaturated/α-hetero) is 3. The van der Waals surface area contributed by atoms with Crippen molar-refractivity contribution >= 4 is 89.0 Å². The van der Waals surface area contributed by atoms with Crippen molar-refractivity contribution in [2.75, 3.05) is 39.3 Å². The van der Waals surface area contributed by atoms with Crippen LogP contribution in [0.3, 0.4) is 0 Å². The Morgan fingerprint density at radius 3 is 1.32 bits per heavy atom. The highest BCUT2D eigenvalue weighted by atomic mass is 35.5. The molecule has 6 aromatic carbocycles. The summed E-state index contributed by atoms with van der Waals surface area (Å²) < 4.78 is 4.15. The van der Waals surface area contributed by atoms with E-state index in [1.807, 2.05) is 158 Å². The second-order valence-corrected chi connectivity index (χ2v) is 22.1. The highest BCUT2D eigenvalue weighted by Crippen LogP contribution is 2.41. The molecule has 0 aliphatic carbocycles. The number of H-pyrrole nitrogens is 1. The van der Waals surface area contributed by atoms with Crippen LogP contribution in [0.5, 0.6) is 0 Å². The fourth-order valence-corrected chi connectivity index (χ4v) is 12.4. The molecule has 3 aliphatic heterocycles. The third kappa shape index (κ3) is 12.7. The molecule has 408 valence electrons. The van der Waals surface area contributed by atoms with E-state index in [1.54, 1.807) is 13.6 Å². The van der Waals surface area contributed by atoms with E-state index in [4.69, 9.17) is 0 Å². The van der Waals surface area contributed by atoms with Gasteiger partial charge in [-0.1, -0.05) is 91.0 Å². The quantitative estimate of drug-likeness (QED) is 0.0625. The van der Waals surface area contributed by atoms with Crippen molar-refractivity contribution in [3.8, 4) is 0 Å². The maximum absolute atomic E-state index is 13.7. The molecular formula is C64H72B2Cl2N6O5. The maximum atomic E-state index is 13.7. The van der Waals surface area contributed by atoms with E-state index in [2.05, 4.69) is 68.0 Å². The summed E-state index contributed by atoms with van der Waals surface area (Å²) in [5.74, 6) is 0.620. The minimum atomic E-state index is -0.535. The van der Waals surface area contributed by atoms with Gasteiger partial charge < -0.3 is 39.1 Å². The molecule has 0 saturated carbocycles. The number of aromatic nitrogens is 3. The van der Waals surface area contributed by atoms with Gasteiger partial charge in [0.05, 0.1) is 16.2 Å². The highest BCUT2D eigenvalue weighted by Gasteiger charge is 2.48. The molecule has 0 amide bonds. The Morgan fingerprint density at radius 2 is 0.911 bits per heavy atom. The molecule has 3 aromatic heterocycles. The van der Waals surface area contributed by atoms with Gasteiger partial charge in [0.15, 0.2) is 17.3 Å². The van der Waals surface area contributed by atoms with Crippen LogP contribution in [0.2, 0.25) is 13.6 Å². The third-order valence-electron chi connectivity index (χ3n) is 16.8. The predicted octanol–water partition coefficient (Wildman–Crippen LogP) is 11.2. The Morgan fingerprint density at radius 1 is 0.506 bits per heavy atom. The number of ketones is 3. The first-order valence-electron chi connectivity index (χ1n) is 27.2. The van der Waals surface area contributed by atoms with Crippen LogP contribution in [0.25, 0.3) is 32.7 Å². The number of hydrogen-bond donors (Lipinski definition) is 4. The zero-order valence-electron chi connectivity index (χ0n) is 45.7. The lowest BCUT2D eigenvalue weighted by Gasteiger charge is -2.29. The summed E-state index contributed by atoms with van der Waals surface area (Å²) in [5, 5.41) is 26.8. The Labute approximate surface area is 477 Å². The average Bonchev–Trinajstić information content (AvgIpc) is 4.55. The molecule has 0 spiro atoms. The predicted molar refractivity (Wildman–Crippen MR) is 327 cm³/mol. The van der Waals surface area contributed by atoms with E-state index in [0.29, 0.717) is 25.9 Å². The molecule has 3 saturated heterocycles. The number of carbonyl (C=O) groups excluding carboxylic acids is 3. The van der Waals surface area contributed by atoms with E-state index in [-0.39, 0.29) is 47.6 Å². The molecule has 0 bridgehead atoms. The number of aromatic amines is 1. The SMILES string of the molecule is CB(O)N1CCC(Cc2ccccc2)(C(=O)c2ccc3[nH]ccc3c2)C1.CB(O)N1CCC(Cc2ccccc2)(C(=O)c2ccc3c(ccn3C)c2)C1.Cl.Cl.Cn1ccc2cc(C(=O)C3(Cc4ccccc4)CCNC3)ccc21. The molecule has 12 rings (SSSR count). The second kappa shape index (κ2) is 25.3.